The molecule has 8 heteroatoms. The predicted octanol–water partition coefficient (Wildman–Crippen LogP) is 0.318. The van der Waals surface area contributed by atoms with Gasteiger partial charge in [0.1, 0.15) is 5.82 Å². The zero-order valence-corrected chi connectivity index (χ0v) is 12.5. The predicted molar refractivity (Wildman–Crippen MR) is 76.9 cm³/mol. The third-order valence-electron chi connectivity index (χ3n) is 2.51. The Morgan fingerprint density at radius 2 is 2.10 bits per heavy atom. The highest BCUT2D eigenvalue weighted by atomic mass is 32.2. The van der Waals surface area contributed by atoms with Crippen LogP contribution in [0.2, 0.25) is 0 Å². The summed E-state index contributed by atoms with van der Waals surface area (Å²) in [7, 11) is -1.96. The van der Waals surface area contributed by atoms with E-state index in [4.69, 9.17) is 0 Å². The van der Waals surface area contributed by atoms with Crippen LogP contribution in [0.4, 0.5) is 5.82 Å². The molecule has 1 amide bonds. The van der Waals surface area contributed by atoms with Crippen molar-refractivity contribution in [2.45, 2.75) is 24.7 Å². The van der Waals surface area contributed by atoms with Gasteiger partial charge in [-0.15, -0.1) is 0 Å². The smallest absolute Gasteiger partial charge is 0.240 e. The Bertz CT molecular complexity index is 545. The standard InChI is InChI=1S/C12H20N4O3S/c1-3-6-15-12(17)5-8-16-20(18,19)10-4-7-14-11(9-10)13-2/h4,7,9,16H,3,5-6,8H2,1-2H3,(H,13,14)(H,15,17). The van der Waals surface area contributed by atoms with E-state index >= 15 is 0 Å². The fraction of sp³-hybridized carbons (Fsp3) is 0.500. The van der Waals surface area contributed by atoms with Gasteiger partial charge in [-0.1, -0.05) is 6.92 Å². The summed E-state index contributed by atoms with van der Waals surface area (Å²) in [5, 5.41) is 5.45. The molecule has 0 fully saturated rings. The SMILES string of the molecule is CCCNC(=O)CCNS(=O)(=O)c1ccnc(NC)c1. The summed E-state index contributed by atoms with van der Waals surface area (Å²) in [5.41, 5.74) is 0. The Hall–Kier alpha value is -1.67. The van der Waals surface area contributed by atoms with Gasteiger partial charge in [0.15, 0.2) is 0 Å². The summed E-state index contributed by atoms with van der Waals surface area (Å²) in [6.07, 6.45) is 2.37. The van der Waals surface area contributed by atoms with Crippen molar-refractivity contribution >= 4 is 21.7 Å². The maximum Gasteiger partial charge on any atom is 0.240 e. The number of amides is 1. The first kappa shape index (κ1) is 16.4. The number of pyridine rings is 1. The number of nitrogens with zero attached hydrogens (tertiary/aromatic N) is 1. The van der Waals surface area contributed by atoms with Crippen LogP contribution in [0.3, 0.4) is 0 Å². The van der Waals surface area contributed by atoms with Gasteiger partial charge in [-0.3, -0.25) is 4.79 Å². The van der Waals surface area contributed by atoms with Gasteiger partial charge in [-0.05, 0) is 12.5 Å². The van der Waals surface area contributed by atoms with Crippen LogP contribution < -0.4 is 15.4 Å². The third-order valence-corrected chi connectivity index (χ3v) is 3.97. The van der Waals surface area contributed by atoms with Crippen LogP contribution in [-0.2, 0) is 14.8 Å². The van der Waals surface area contributed by atoms with Crippen molar-refractivity contribution in [3.05, 3.63) is 18.3 Å². The Morgan fingerprint density at radius 3 is 2.75 bits per heavy atom. The van der Waals surface area contributed by atoms with E-state index in [1.165, 1.54) is 18.3 Å². The molecule has 0 aliphatic heterocycles. The van der Waals surface area contributed by atoms with E-state index in [0.717, 1.165) is 6.42 Å². The minimum absolute atomic E-state index is 0.0646. The fourth-order valence-corrected chi connectivity index (χ4v) is 2.49. The zero-order valence-electron chi connectivity index (χ0n) is 11.6. The lowest BCUT2D eigenvalue weighted by molar-refractivity contribution is -0.120. The minimum Gasteiger partial charge on any atom is -0.373 e. The van der Waals surface area contributed by atoms with Crippen LogP contribution in [0, 0.1) is 0 Å². The highest BCUT2D eigenvalue weighted by Gasteiger charge is 2.14. The summed E-state index contributed by atoms with van der Waals surface area (Å²) in [6, 6.07) is 2.83. The van der Waals surface area contributed by atoms with Gasteiger partial charge in [0.2, 0.25) is 15.9 Å². The van der Waals surface area contributed by atoms with Crippen LogP contribution in [0.25, 0.3) is 0 Å². The van der Waals surface area contributed by atoms with Crippen LogP contribution in [0.5, 0.6) is 0 Å². The van der Waals surface area contributed by atoms with Gasteiger partial charge in [0, 0.05) is 38.8 Å². The fourth-order valence-electron chi connectivity index (χ4n) is 1.45. The number of hydrogen-bond acceptors (Lipinski definition) is 5. The summed E-state index contributed by atoms with van der Waals surface area (Å²) in [4.78, 5) is 15.4. The molecular formula is C12H20N4O3S. The van der Waals surface area contributed by atoms with E-state index < -0.39 is 10.0 Å². The Balaban J connectivity index is 2.55. The number of anilines is 1. The summed E-state index contributed by atoms with van der Waals surface area (Å²) in [6.45, 7) is 2.61. The molecule has 7 nitrogen and oxygen atoms in total. The normalized spacial score (nSPS) is 11.1. The summed E-state index contributed by atoms with van der Waals surface area (Å²) >= 11 is 0. The minimum atomic E-state index is -3.62. The first-order valence-corrected chi connectivity index (χ1v) is 7.88. The lowest BCUT2D eigenvalue weighted by Crippen LogP contribution is -2.31. The number of aromatic nitrogens is 1. The molecule has 0 saturated heterocycles. The van der Waals surface area contributed by atoms with Gasteiger partial charge < -0.3 is 10.6 Å². The Labute approximate surface area is 119 Å². The van der Waals surface area contributed by atoms with Crippen molar-refractivity contribution < 1.29 is 13.2 Å². The second kappa shape index (κ2) is 7.81. The summed E-state index contributed by atoms with van der Waals surface area (Å²) in [5.74, 6) is 0.300. The van der Waals surface area contributed by atoms with Crippen LogP contribution >= 0.6 is 0 Å². The van der Waals surface area contributed by atoms with E-state index in [0.29, 0.717) is 12.4 Å². The van der Waals surface area contributed by atoms with Crippen LogP contribution in [-0.4, -0.2) is 39.4 Å². The molecule has 1 rings (SSSR count). The molecule has 0 aliphatic rings. The third kappa shape index (κ3) is 5.14. The van der Waals surface area contributed by atoms with Crippen LogP contribution in [0.1, 0.15) is 19.8 Å². The van der Waals surface area contributed by atoms with Gasteiger partial charge in [0.25, 0.3) is 0 Å². The van der Waals surface area contributed by atoms with Gasteiger partial charge in [-0.25, -0.2) is 18.1 Å². The molecule has 0 aromatic carbocycles. The quantitative estimate of drug-likeness (QED) is 0.642. The second-order valence-corrected chi connectivity index (χ2v) is 5.89. The molecule has 112 valence electrons. The van der Waals surface area contributed by atoms with Crippen LogP contribution in [0.15, 0.2) is 23.2 Å². The topological polar surface area (TPSA) is 100 Å². The number of rotatable bonds is 8. The highest BCUT2D eigenvalue weighted by Crippen LogP contribution is 2.11. The molecule has 1 heterocycles. The molecule has 0 spiro atoms. The van der Waals surface area contributed by atoms with Crippen molar-refractivity contribution in [1.82, 2.24) is 15.0 Å². The molecule has 20 heavy (non-hydrogen) atoms. The average Bonchev–Trinajstić information content (AvgIpc) is 2.45. The lowest BCUT2D eigenvalue weighted by Gasteiger charge is -2.08. The molecule has 0 bridgehead atoms. The molecule has 0 aliphatic carbocycles. The van der Waals surface area contributed by atoms with Crippen molar-refractivity contribution in [2.75, 3.05) is 25.5 Å². The Morgan fingerprint density at radius 1 is 1.35 bits per heavy atom. The average molecular weight is 300 g/mol. The second-order valence-electron chi connectivity index (χ2n) is 4.12. The molecule has 1 aromatic heterocycles. The largest absolute Gasteiger partial charge is 0.373 e. The van der Waals surface area contributed by atoms with Gasteiger partial charge >= 0.3 is 0 Å². The molecule has 0 saturated carbocycles. The van der Waals surface area contributed by atoms with Crippen molar-refractivity contribution in [1.29, 1.82) is 0 Å². The highest BCUT2D eigenvalue weighted by molar-refractivity contribution is 7.89. The van der Waals surface area contributed by atoms with E-state index in [-0.39, 0.29) is 23.8 Å². The van der Waals surface area contributed by atoms with Crippen molar-refractivity contribution in [3.8, 4) is 0 Å². The van der Waals surface area contributed by atoms with Gasteiger partial charge in [0.05, 0.1) is 4.90 Å². The maximum absolute atomic E-state index is 12.0. The van der Waals surface area contributed by atoms with Crippen molar-refractivity contribution in [3.63, 3.8) is 0 Å². The van der Waals surface area contributed by atoms with E-state index in [1.54, 1.807) is 7.05 Å². The van der Waals surface area contributed by atoms with E-state index in [1.807, 2.05) is 6.92 Å². The van der Waals surface area contributed by atoms with Crippen molar-refractivity contribution in [2.24, 2.45) is 0 Å². The number of nitrogens with one attached hydrogen (secondary N) is 3. The first-order chi connectivity index (χ1) is 9.49. The zero-order chi connectivity index (χ0) is 15.0. The van der Waals surface area contributed by atoms with E-state index in [9.17, 15) is 13.2 Å². The number of carbonyl (C=O) groups is 1. The maximum atomic E-state index is 12.0. The summed E-state index contributed by atoms with van der Waals surface area (Å²) < 4.78 is 26.4. The number of hydrogen-bond donors (Lipinski definition) is 3. The number of sulfonamides is 1. The monoisotopic (exact) mass is 300 g/mol. The van der Waals surface area contributed by atoms with E-state index in [2.05, 4.69) is 20.3 Å². The molecule has 0 radical (unpaired) electrons. The number of carbonyl (C=O) groups excluding carboxylic acids is 1. The molecular weight excluding hydrogens is 280 g/mol. The Kier molecular flexibility index (Phi) is 6.40. The molecule has 0 atom stereocenters. The molecule has 0 unspecified atom stereocenters. The molecule has 1 aromatic rings. The molecule has 3 N–H and O–H groups in total. The van der Waals surface area contributed by atoms with Gasteiger partial charge in [-0.2, -0.15) is 0 Å². The lowest BCUT2D eigenvalue weighted by atomic mass is 10.4. The first-order valence-electron chi connectivity index (χ1n) is 6.39.